The van der Waals surface area contributed by atoms with Gasteiger partial charge >= 0.3 is 0 Å². The molecule has 0 unspecified atom stereocenters. The monoisotopic (exact) mass is 465 g/mol. The van der Waals surface area contributed by atoms with E-state index in [9.17, 15) is 0 Å². The minimum atomic E-state index is -0.116. The molecule has 0 radical (unpaired) electrons. The zero-order valence-corrected chi connectivity index (χ0v) is 22.4. The molecule has 5 heterocycles. The van der Waals surface area contributed by atoms with E-state index in [1.807, 2.05) is 0 Å². The molecule has 2 aliphatic heterocycles. The fourth-order valence-electron chi connectivity index (χ4n) is 5.63. The van der Waals surface area contributed by atoms with Crippen molar-refractivity contribution in [2.75, 3.05) is 0 Å². The Morgan fingerprint density at radius 1 is 0.886 bits per heavy atom. The highest BCUT2D eigenvalue weighted by molar-refractivity contribution is 5.63. The van der Waals surface area contributed by atoms with Crippen molar-refractivity contribution in [3.05, 3.63) is 100 Å². The molecule has 0 amide bonds. The van der Waals surface area contributed by atoms with Crippen LogP contribution in [0.1, 0.15) is 72.5 Å². The van der Waals surface area contributed by atoms with E-state index < -0.39 is 0 Å². The first-order chi connectivity index (χ1) is 16.3. The summed E-state index contributed by atoms with van der Waals surface area (Å²) >= 11 is 0. The maximum Gasteiger partial charge on any atom is 0.141 e. The number of hydrogen-bond donors (Lipinski definition) is 0. The molecule has 35 heavy (non-hydrogen) atoms. The third-order valence-corrected chi connectivity index (χ3v) is 7.22. The first kappa shape index (κ1) is 23.2. The topological polar surface area (TPSA) is 17.7 Å². The fraction of sp³-hybridized carbons (Fsp3) is 0.323. The molecule has 0 saturated heterocycles. The van der Waals surface area contributed by atoms with E-state index in [-0.39, 0.29) is 11.1 Å². The normalized spacial score (nSPS) is 16.1. The molecule has 5 rings (SSSR count). The van der Waals surface area contributed by atoms with Crippen LogP contribution < -0.4 is 24.9 Å². The van der Waals surface area contributed by atoms with Crippen LogP contribution in [0.15, 0.2) is 48.6 Å². The van der Waals surface area contributed by atoms with Gasteiger partial charge in [-0.2, -0.15) is 0 Å². The van der Waals surface area contributed by atoms with Crippen molar-refractivity contribution in [2.45, 2.75) is 66.5 Å². The minimum absolute atomic E-state index is 0.0970. The summed E-state index contributed by atoms with van der Waals surface area (Å²) < 4.78 is 9.01. The average molecular weight is 466 g/mol. The molecule has 4 heteroatoms. The van der Waals surface area contributed by atoms with E-state index in [2.05, 4.69) is 141 Å². The van der Waals surface area contributed by atoms with Crippen LogP contribution in [-0.4, -0.2) is 15.9 Å². The molecule has 8 bridgehead atoms. The van der Waals surface area contributed by atoms with E-state index in [4.69, 9.17) is 0 Å². The van der Waals surface area contributed by atoms with Crippen molar-refractivity contribution >= 4 is 23.9 Å². The Morgan fingerprint density at radius 3 is 2.26 bits per heavy atom. The van der Waals surface area contributed by atoms with Crippen molar-refractivity contribution < 1.29 is 13.4 Å². The van der Waals surface area contributed by atoms with Gasteiger partial charge in [-0.05, 0) is 65.5 Å². The van der Waals surface area contributed by atoms with Crippen LogP contribution in [0.25, 0.3) is 17.2 Å². The van der Waals surface area contributed by atoms with Gasteiger partial charge in [0.25, 0.3) is 0 Å². The van der Waals surface area contributed by atoms with Crippen LogP contribution >= 0.6 is 0 Å². The van der Waals surface area contributed by atoms with E-state index >= 15 is 0 Å². The van der Waals surface area contributed by atoms with Crippen molar-refractivity contribution in [1.82, 2.24) is 4.57 Å². The van der Waals surface area contributed by atoms with Gasteiger partial charge in [0.1, 0.15) is 22.3 Å². The van der Waals surface area contributed by atoms with Gasteiger partial charge in [-0.25, -0.2) is 0 Å². The Labute approximate surface area is 208 Å². The maximum absolute atomic E-state index is 4.50. The van der Waals surface area contributed by atoms with Gasteiger partial charge < -0.3 is 9.14 Å². The molecular formula is C31H37N4-. The van der Waals surface area contributed by atoms with Gasteiger partial charge in [-0.15, -0.1) is 18.2 Å². The van der Waals surface area contributed by atoms with E-state index in [0.29, 0.717) is 0 Å². The molecular weight excluding hydrogens is 428 g/mol. The molecule has 3 aromatic heterocycles. The predicted molar refractivity (Wildman–Crippen MR) is 141 cm³/mol. The van der Waals surface area contributed by atoms with Crippen LogP contribution in [0.3, 0.4) is 0 Å². The van der Waals surface area contributed by atoms with Crippen LogP contribution in [0.2, 0.25) is 0 Å². The summed E-state index contributed by atoms with van der Waals surface area (Å²) in [6.45, 7) is 26.9. The van der Waals surface area contributed by atoms with Gasteiger partial charge in [0.15, 0.2) is 0 Å². The van der Waals surface area contributed by atoms with Crippen LogP contribution in [0.5, 0.6) is 0 Å². The number of rotatable bonds is 0. The van der Waals surface area contributed by atoms with Crippen molar-refractivity contribution in [2.24, 2.45) is 0 Å². The van der Waals surface area contributed by atoms with Crippen molar-refractivity contribution in [1.29, 1.82) is 0 Å². The van der Waals surface area contributed by atoms with Gasteiger partial charge in [-0.1, -0.05) is 48.2 Å². The number of fused-ring (bicyclic) bond motifs is 9. The first-order valence-corrected chi connectivity index (χ1v) is 12.3. The molecule has 0 atom stereocenters. The summed E-state index contributed by atoms with van der Waals surface area (Å²) in [7, 11) is 0. The van der Waals surface area contributed by atoms with Gasteiger partial charge in [-0.3, -0.25) is 8.81 Å². The fourth-order valence-corrected chi connectivity index (χ4v) is 5.63. The molecule has 0 saturated carbocycles. The first-order valence-electron chi connectivity index (χ1n) is 12.3. The van der Waals surface area contributed by atoms with Gasteiger partial charge in [0, 0.05) is 12.3 Å². The highest BCUT2D eigenvalue weighted by atomic mass is 15.2. The van der Waals surface area contributed by atoms with Crippen LogP contribution in [-0.2, 0) is 11.1 Å². The summed E-state index contributed by atoms with van der Waals surface area (Å²) in [6.07, 6.45) is 6.65. The van der Waals surface area contributed by atoms with E-state index in [0.717, 1.165) is 34.2 Å². The maximum atomic E-state index is 4.50. The standard InChI is InChI=1S/C31H37N4/c1-20-24-13-11-22(32(24)9)19-23-12-14-26(34(23)30(3,4)5)21(2)25-15-17-28(33(25)10)29-18-16-27(20)35(29)31(6,7)8/h11-19H,9-10H2,1-8H3/q-1. The lowest BCUT2D eigenvalue weighted by Crippen LogP contribution is -2.55. The summed E-state index contributed by atoms with van der Waals surface area (Å²) in [6, 6.07) is 15.5. The minimum Gasteiger partial charge on any atom is -0.431 e. The molecule has 182 valence electrons. The highest BCUT2D eigenvalue weighted by Gasteiger charge is 2.32. The van der Waals surface area contributed by atoms with Gasteiger partial charge in [0.05, 0.1) is 24.5 Å². The molecule has 0 aliphatic carbocycles. The Hall–Kier alpha value is -3.53. The van der Waals surface area contributed by atoms with Crippen LogP contribution in [0.4, 0.5) is 0 Å². The lowest BCUT2D eigenvalue weighted by Gasteiger charge is -2.31. The van der Waals surface area contributed by atoms with Crippen molar-refractivity contribution in [3.63, 3.8) is 0 Å². The zero-order chi connectivity index (χ0) is 25.4. The average Bonchev–Trinajstić information content (AvgIpc) is 3.51. The lowest BCUT2D eigenvalue weighted by atomic mass is 10.0. The lowest BCUT2D eigenvalue weighted by molar-refractivity contribution is -0.763. The molecule has 4 nitrogen and oxygen atoms in total. The molecule has 0 spiro atoms. The molecule has 0 N–H and O–H groups in total. The predicted octanol–water partition coefficient (Wildman–Crippen LogP) is 2.58. The smallest absolute Gasteiger partial charge is 0.141 e. The zero-order valence-electron chi connectivity index (χ0n) is 22.4. The summed E-state index contributed by atoms with van der Waals surface area (Å²) in [5.41, 5.74) is 5.64. The van der Waals surface area contributed by atoms with Crippen molar-refractivity contribution in [3.8, 4) is 0 Å². The second-order valence-electron chi connectivity index (χ2n) is 11.8. The Morgan fingerprint density at radius 2 is 1.60 bits per heavy atom. The Kier molecular flexibility index (Phi) is 4.96. The third-order valence-electron chi connectivity index (χ3n) is 7.22. The second-order valence-corrected chi connectivity index (χ2v) is 11.8. The number of aromatic nitrogens is 3. The van der Waals surface area contributed by atoms with Gasteiger partial charge in [0.2, 0.25) is 0 Å². The largest absolute Gasteiger partial charge is 0.431 e. The SMILES string of the molecule is C=[N+]1[C-]2C=C[C-]1[c-]1ccc([n+]1C(C)(C)C)C(C)=c1cc[c-]([n+]1=C)C=c1ccc(n1C(C)(C)C)=C2C. The molecule has 0 fully saturated rings. The van der Waals surface area contributed by atoms with Crippen LogP contribution in [0, 0.1) is 18.8 Å². The molecule has 3 aromatic rings. The quantitative estimate of drug-likeness (QED) is 0.359. The number of hydrogen-bond acceptors (Lipinski definition) is 0. The Balaban J connectivity index is 1.95. The van der Waals surface area contributed by atoms with E-state index in [1.54, 1.807) is 0 Å². The molecule has 0 aromatic carbocycles. The number of nitrogens with zero attached hydrogens (tertiary/aromatic N) is 4. The summed E-state index contributed by atoms with van der Waals surface area (Å²) in [5, 5.41) is 3.48. The second kappa shape index (κ2) is 7.48. The highest BCUT2D eigenvalue weighted by Crippen LogP contribution is 2.33. The molecule has 2 aliphatic rings. The summed E-state index contributed by atoms with van der Waals surface area (Å²) in [4.78, 5) is 0. The van der Waals surface area contributed by atoms with E-state index in [1.165, 1.54) is 22.2 Å². The summed E-state index contributed by atoms with van der Waals surface area (Å²) in [5.74, 6) is 0. The Bertz CT molecular complexity index is 1620. The third kappa shape index (κ3) is 3.46.